The summed E-state index contributed by atoms with van der Waals surface area (Å²) in [6.07, 6.45) is 0. The van der Waals surface area contributed by atoms with Crippen molar-refractivity contribution in [1.82, 2.24) is 0 Å². The number of anilines is 1. The number of hydrogen-bond acceptors (Lipinski definition) is 3. The zero-order valence-corrected chi connectivity index (χ0v) is 14.2. The van der Waals surface area contributed by atoms with Gasteiger partial charge in [-0.05, 0) is 24.3 Å². The van der Waals surface area contributed by atoms with Crippen molar-refractivity contribution in [1.29, 1.82) is 0 Å². The largest absolute Gasteiger partial charge is 0.497 e. The molecule has 1 aliphatic heterocycles. The van der Waals surface area contributed by atoms with Crippen LogP contribution in [0.5, 0.6) is 11.5 Å². The van der Waals surface area contributed by atoms with Crippen LogP contribution >= 0.6 is 0 Å². The lowest BCUT2D eigenvalue weighted by Crippen LogP contribution is -3.13. The number of benzene rings is 2. The van der Waals surface area contributed by atoms with Crippen LogP contribution < -0.4 is 19.3 Å². The summed E-state index contributed by atoms with van der Waals surface area (Å²) in [7, 11) is 3.34. The van der Waals surface area contributed by atoms with Crippen molar-refractivity contribution < 1.29 is 18.8 Å². The third-order valence-electron chi connectivity index (χ3n) is 4.60. The van der Waals surface area contributed by atoms with Gasteiger partial charge in [0.15, 0.2) is 0 Å². The van der Waals surface area contributed by atoms with Gasteiger partial charge < -0.3 is 19.3 Å². The molecular formula is C19H24FN2O2+. The molecule has 2 aromatic rings. The Hall–Kier alpha value is -2.27. The molecule has 1 saturated heterocycles. The number of quaternary nitrogens is 1. The van der Waals surface area contributed by atoms with Crippen molar-refractivity contribution in [3.63, 3.8) is 0 Å². The molecule has 0 aliphatic carbocycles. The first-order chi connectivity index (χ1) is 11.7. The fourth-order valence-corrected chi connectivity index (χ4v) is 3.22. The number of halogens is 1. The molecule has 0 saturated carbocycles. The number of hydrogen-bond donors (Lipinski definition) is 1. The van der Waals surface area contributed by atoms with Gasteiger partial charge in [0.05, 0.1) is 46.1 Å². The number of methoxy groups -OCH3 is 2. The minimum atomic E-state index is -0.141. The lowest BCUT2D eigenvalue weighted by atomic mass is 10.1. The Kier molecular flexibility index (Phi) is 5.20. The summed E-state index contributed by atoms with van der Waals surface area (Å²) < 4.78 is 24.6. The maximum atomic E-state index is 13.9. The molecule has 1 heterocycles. The molecule has 0 bridgehead atoms. The van der Waals surface area contributed by atoms with Crippen molar-refractivity contribution in [3.8, 4) is 11.5 Å². The van der Waals surface area contributed by atoms with Gasteiger partial charge in [0.25, 0.3) is 0 Å². The molecule has 2 aromatic carbocycles. The first kappa shape index (κ1) is 16.6. The normalized spacial score (nSPS) is 15.4. The number of nitrogens with zero attached hydrogens (tertiary/aromatic N) is 1. The van der Waals surface area contributed by atoms with Gasteiger partial charge >= 0.3 is 0 Å². The lowest BCUT2D eigenvalue weighted by Gasteiger charge is -2.34. The molecule has 0 spiro atoms. The Bertz CT molecular complexity index is 685. The minimum Gasteiger partial charge on any atom is -0.497 e. The van der Waals surface area contributed by atoms with Crippen molar-refractivity contribution in [2.75, 3.05) is 45.3 Å². The Labute approximate surface area is 142 Å². The molecule has 0 atom stereocenters. The van der Waals surface area contributed by atoms with Gasteiger partial charge in [-0.25, -0.2) is 4.39 Å². The van der Waals surface area contributed by atoms with Crippen LogP contribution in [0.1, 0.15) is 5.56 Å². The summed E-state index contributed by atoms with van der Waals surface area (Å²) in [6, 6.07) is 12.9. The highest BCUT2D eigenvalue weighted by Crippen LogP contribution is 2.24. The van der Waals surface area contributed by atoms with Crippen LogP contribution in [0.15, 0.2) is 42.5 Å². The van der Waals surface area contributed by atoms with E-state index >= 15 is 0 Å². The van der Waals surface area contributed by atoms with Gasteiger partial charge in [-0.3, -0.25) is 0 Å². The molecule has 3 rings (SSSR count). The van der Waals surface area contributed by atoms with Crippen LogP contribution in [0, 0.1) is 5.82 Å². The maximum Gasteiger partial charge on any atom is 0.146 e. The van der Waals surface area contributed by atoms with Crippen LogP contribution in [0.25, 0.3) is 0 Å². The fourth-order valence-electron chi connectivity index (χ4n) is 3.22. The van der Waals surface area contributed by atoms with E-state index in [0.29, 0.717) is 5.69 Å². The number of para-hydroxylation sites is 1. The third kappa shape index (κ3) is 3.62. The van der Waals surface area contributed by atoms with Crippen molar-refractivity contribution in [2.45, 2.75) is 6.54 Å². The highest BCUT2D eigenvalue weighted by atomic mass is 19.1. The fraction of sp³-hybridized carbons (Fsp3) is 0.368. The zero-order chi connectivity index (χ0) is 16.9. The van der Waals surface area contributed by atoms with Crippen LogP contribution in [0.4, 0.5) is 10.1 Å². The standard InChI is InChI=1S/C19H23FN2O2/c1-23-16-8-7-15(19(13-16)24-2)14-21-9-11-22(12-10-21)18-6-4-3-5-17(18)20/h3-8,13H,9-12,14H2,1-2H3/p+1. The van der Waals surface area contributed by atoms with Gasteiger partial charge in [0.1, 0.15) is 23.9 Å². The van der Waals surface area contributed by atoms with Crippen LogP contribution in [-0.2, 0) is 6.54 Å². The lowest BCUT2D eigenvalue weighted by molar-refractivity contribution is -0.914. The predicted octanol–water partition coefficient (Wildman–Crippen LogP) is 1.75. The highest BCUT2D eigenvalue weighted by Gasteiger charge is 2.23. The van der Waals surface area contributed by atoms with Crippen molar-refractivity contribution in [2.24, 2.45) is 0 Å². The van der Waals surface area contributed by atoms with Gasteiger partial charge in [-0.15, -0.1) is 0 Å². The molecular weight excluding hydrogens is 307 g/mol. The molecule has 4 nitrogen and oxygen atoms in total. The first-order valence-corrected chi connectivity index (χ1v) is 8.25. The van der Waals surface area contributed by atoms with E-state index in [2.05, 4.69) is 11.0 Å². The molecule has 1 N–H and O–H groups in total. The van der Waals surface area contributed by atoms with Crippen LogP contribution in [0.3, 0.4) is 0 Å². The highest BCUT2D eigenvalue weighted by molar-refractivity contribution is 5.47. The van der Waals surface area contributed by atoms with Gasteiger partial charge in [0, 0.05) is 11.6 Å². The smallest absolute Gasteiger partial charge is 0.146 e. The van der Waals surface area contributed by atoms with E-state index in [1.165, 1.54) is 16.5 Å². The predicted molar refractivity (Wildman–Crippen MR) is 92.6 cm³/mol. The van der Waals surface area contributed by atoms with E-state index in [1.54, 1.807) is 20.3 Å². The van der Waals surface area contributed by atoms with E-state index in [4.69, 9.17) is 9.47 Å². The Morgan fingerprint density at radius 3 is 2.46 bits per heavy atom. The maximum absolute atomic E-state index is 13.9. The van der Waals surface area contributed by atoms with Gasteiger partial charge in [-0.1, -0.05) is 12.1 Å². The van der Waals surface area contributed by atoms with Crippen molar-refractivity contribution in [3.05, 3.63) is 53.8 Å². The number of rotatable bonds is 5. The zero-order valence-electron chi connectivity index (χ0n) is 14.2. The molecule has 0 unspecified atom stereocenters. The second kappa shape index (κ2) is 7.53. The average Bonchev–Trinajstić information content (AvgIpc) is 2.63. The number of nitrogens with one attached hydrogen (secondary N) is 1. The molecule has 0 aromatic heterocycles. The topological polar surface area (TPSA) is 26.1 Å². The number of ether oxygens (including phenoxy) is 2. The molecule has 128 valence electrons. The quantitative estimate of drug-likeness (QED) is 0.904. The molecule has 0 amide bonds. The summed E-state index contributed by atoms with van der Waals surface area (Å²) in [5.74, 6) is 1.52. The van der Waals surface area contributed by atoms with Crippen molar-refractivity contribution >= 4 is 5.69 Å². The van der Waals surface area contributed by atoms with Gasteiger partial charge in [-0.2, -0.15) is 0 Å². The monoisotopic (exact) mass is 331 g/mol. The van der Waals surface area contributed by atoms with E-state index < -0.39 is 0 Å². The molecule has 1 fully saturated rings. The Morgan fingerprint density at radius 1 is 1.04 bits per heavy atom. The minimum absolute atomic E-state index is 0.141. The van der Waals surface area contributed by atoms with E-state index in [0.717, 1.165) is 44.2 Å². The van der Waals surface area contributed by atoms with Crippen LogP contribution in [0.2, 0.25) is 0 Å². The summed E-state index contributed by atoms with van der Waals surface area (Å²) in [6.45, 7) is 4.56. The molecule has 24 heavy (non-hydrogen) atoms. The molecule has 1 aliphatic rings. The third-order valence-corrected chi connectivity index (χ3v) is 4.60. The van der Waals surface area contributed by atoms with Crippen LogP contribution in [-0.4, -0.2) is 40.4 Å². The molecule has 5 heteroatoms. The number of piperazine rings is 1. The SMILES string of the molecule is COc1ccc(C[NH+]2CCN(c3ccccc3F)CC2)c(OC)c1. The first-order valence-electron chi connectivity index (χ1n) is 8.25. The average molecular weight is 331 g/mol. The van der Waals surface area contributed by atoms with E-state index in [-0.39, 0.29) is 5.82 Å². The summed E-state index contributed by atoms with van der Waals surface area (Å²) >= 11 is 0. The second-order valence-electron chi connectivity index (χ2n) is 6.04. The van der Waals surface area contributed by atoms with E-state index in [9.17, 15) is 4.39 Å². The Morgan fingerprint density at radius 2 is 1.79 bits per heavy atom. The summed E-state index contributed by atoms with van der Waals surface area (Å²) in [5.41, 5.74) is 1.88. The Balaban J connectivity index is 1.63. The van der Waals surface area contributed by atoms with Gasteiger partial charge in [0.2, 0.25) is 0 Å². The molecule has 0 radical (unpaired) electrons. The summed E-state index contributed by atoms with van der Waals surface area (Å²) in [4.78, 5) is 3.61. The second-order valence-corrected chi connectivity index (χ2v) is 6.04. The van der Waals surface area contributed by atoms with E-state index in [1.807, 2.05) is 24.3 Å². The summed E-state index contributed by atoms with van der Waals surface area (Å²) in [5, 5.41) is 0.